The summed E-state index contributed by atoms with van der Waals surface area (Å²) in [7, 11) is 1.72. The van der Waals surface area contributed by atoms with Crippen molar-refractivity contribution in [3.8, 4) is 5.75 Å². The number of anilines is 2. The van der Waals surface area contributed by atoms with E-state index in [2.05, 4.69) is 10.3 Å². The Balaban J connectivity index is 1.88. The SMILES string of the molecule is CC1CNC(=O)N1c1nc2c3c(ccc2s1)OCC(=O)N3C. The quantitative estimate of drug-likeness (QED) is 0.866. The molecule has 7 nitrogen and oxygen atoms in total. The van der Waals surface area contributed by atoms with E-state index < -0.39 is 0 Å². The fourth-order valence-electron chi connectivity index (χ4n) is 2.74. The van der Waals surface area contributed by atoms with Gasteiger partial charge in [0.05, 0.1) is 10.7 Å². The Kier molecular flexibility index (Phi) is 2.77. The van der Waals surface area contributed by atoms with Gasteiger partial charge in [0.1, 0.15) is 17.0 Å². The zero-order valence-electron chi connectivity index (χ0n) is 12.1. The first-order chi connectivity index (χ1) is 10.6. The number of ether oxygens (including phenoxy) is 1. The number of aromatic nitrogens is 1. The Morgan fingerprint density at radius 2 is 2.23 bits per heavy atom. The van der Waals surface area contributed by atoms with Gasteiger partial charge in [0.15, 0.2) is 11.7 Å². The van der Waals surface area contributed by atoms with Crippen molar-refractivity contribution in [2.75, 3.05) is 30.0 Å². The van der Waals surface area contributed by atoms with Gasteiger partial charge in [-0.1, -0.05) is 11.3 Å². The summed E-state index contributed by atoms with van der Waals surface area (Å²) in [5.74, 6) is 0.534. The van der Waals surface area contributed by atoms with Crippen LogP contribution in [0.15, 0.2) is 12.1 Å². The van der Waals surface area contributed by atoms with E-state index in [1.807, 2.05) is 19.1 Å². The second-order valence-corrected chi connectivity index (χ2v) is 6.41. The molecule has 3 amide bonds. The van der Waals surface area contributed by atoms with E-state index in [4.69, 9.17) is 4.74 Å². The summed E-state index contributed by atoms with van der Waals surface area (Å²) >= 11 is 1.44. The molecule has 1 aromatic heterocycles. The molecule has 1 unspecified atom stereocenters. The normalized spacial score (nSPS) is 21.1. The molecule has 3 heterocycles. The first-order valence-corrected chi connectivity index (χ1v) is 7.78. The third kappa shape index (κ3) is 1.77. The van der Waals surface area contributed by atoms with Gasteiger partial charge in [-0.3, -0.25) is 9.69 Å². The maximum Gasteiger partial charge on any atom is 0.324 e. The zero-order valence-corrected chi connectivity index (χ0v) is 12.9. The zero-order chi connectivity index (χ0) is 15.4. The van der Waals surface area contributed by atoms with Crippen LogP contribution < -0.4 is 19.9 Å². The van der Waals surface area contributed by atoms with Gasteiger partial charge in [-0.25, -0.2) is 9.78 Å². The molecule has 2 aliphatic rings. The Morgan fingerprint density at radius 1 is 1.41 bits per heavy atom. The van der Waals surface area contributed by atoms with Gasteiger partial charge in [-0.05, 0) is 19.1 Å². The number of hydrogen-bond donors (Lipinski definition) is 1. The number of fused-ring (bicyclic) bond motifs is 3. The average molecular weight is 318 g/mol. The molecule has 114 valence electrons. The Morgan fingerprint density at radius 3 is 2.95 bits per heavy atom. The Bertz CT molecular complexity index is 803. The van der Waals surface area contributed by atoms with E-state index >= 15 is 0 Å². The summed E-state index contributed by atoms with van der Waals surface area (Å²) in [6, 6.07) is 3.67. The number of benzene rings is 1. The number of rotatable bonds is 1. The van der Waals surface area contributed by atoms with Crippen LogP contribution in [0.3, 0.4) is 0 Å². The van der Waals surface area contributed by atoms with Gasteiger partial charge in [0.2, 0.25) is 0 Å². The molecular weight excluding hydrogens is 304 g/mol. The lowest BCUT2D eigenvalue weighted by molar-refractivity contribution is -0.120. The Hall–Kier alpha value is -2.35. The van der Waals surface area contributed by atoms with Gasteiger partial charge in [0.25, 0.3) is 5.91 Å². The highest BCUT2D eigenvalue weighted by atomic mass is 32.1. The van der Waals surface area contributed by atoms with Gasteiger partial charge in [0, 0.05) is 13.6 Å². The lowest BCUT2D eigenvalue weighted by Gasteiger charge is -2.25. The average Bonchev–Trinajstić information content (AvgIpc) is 3.05. The minimum absolute atomic E-state index is 0.0393. The molecule has 2 aromatic rings. The molecule has 8 heteroatoms. The van der Waals surface area contributed by atoms with E-state index in [1.54, 1.807) is 16.8 Å². The van der Waals surface area contributed by atoms with Crippen LogP contribution in [-0.2, 0) is 4.79 Å². The second-order valence-electron chi connectivity index (χ2n) is 5.40. The largest absolute Gasteiger partial charge is 0.481 e. The predicted octanol–water partition coefficient (Wildman–Crippen LogP) is 1.57. The van der Waals surface area contributed by atoms with Crippen LogP contribution in [0.25, 0.3) is 10.2 Å². The van der Waals surface area contributed by atoms with Gasteiger partial charge < -0.3 is 15.0 Å². The highest BCUT2D eigenvalue weighted by molar-refractivity contribution is 7.22. The van der Waals surface area contributed by atoms with E-state index in [0.29, 0.717) is 28.6 Å². The number of nitrogens with one attached hydrogen (secondary N) is 1. The summed E-state index contributed by atoms with van der Waals surface area (Å²) in [6.07, 6.45) is 0. The summed E-state index contributed by atoms with van der Waals surface area (Å²) in [5.41, 5.74) is 1.36. The van der Waals surface area contributed by atoms with Crippen molar-refractivity contribution < 1.29 is 14.3 Å². The second kappa shape index (κ2) is 4.57. The predicted molar refractivity (Wildman–Crippen MR) is 83.9 cm³/mol. The van der Waals surface area contributed by atoms with Crippen molar-refractivity contribution in [3.63, 3.8) is 0 Å². The van der Waals surface area contributed by atoms with Crippen LogP contribution in [0.4, 0.5) is 15.6 Å². The monoisotopic (exact) mass is 318 g/mol. The number of thiazole rings is 1. The summed E-state index contributed by atoms with van der Waals surface area (Å²) < 4.78 is 6.39. The highest BCUT2D eigenvalue weighted by Gasteiger charge is 2.32. The van der Waals surface area contributed by atoms with Crippen molar-refractivity contribution in [2.24, 2.45) is 0 Å². The van der Waals surface area contributed by atoms with E-state index in [0.717, 1.165) is 4.70 Å². The van der Waals surface area contributed by atoms with Crippen LogP contribution in [0.2, 0.25) is 0 Å². The van der Waals surface area contributed by atoms with Gasteiger partial charge in [-0.15, -0.1) is 0 Å². The van der Waals surface area contributed by atoms with Crippen LogP contribution in [0, 0.1) is 0 Å². The van der Waals surface area contributed by atoms with Gasteiger partial charge in [-0.2, -0.15) is 0 Å². The molecule has 1 atom stereocenters. The first kappa shape index (κ1) is 13.3. The number of urea groups is 1. The minimum Gasteiger partial charge on any atom is -0.481 e. The maximum absolute atomic E-state index is 12.0. The molecule has 1 N–H and O–H groups in total. The fourth-order valence-corrected chi connectivity index (χ4v) is 3.81. The number of hydrogen-bond acceptors (Lipinski definition) is 5. The van der Waals surface area contributed by atoms with Crippen LogP contribution >= 0.6 is 11.3 Å². The molecule has 1 aromatic carbocycles. The van der Waals surface area contributed by atoms with Crippen molar-refractivity contribution >= 4 is 44.3 Å². The summed E-state index contributed by atoms with van der Waals surface area (Å²) in [4.78, 5) is 31.7. The molecule has 0 bridgehead atoms. The third-order valence-corrected chi connectivity index (χ3v) is 4.98. The molecule has 1 fully saturated rings. The number of amides is 3. The standard InChI is InChI=1S/C14H14N4O3S/c1-7-5-15-13(20)18(7)14-16-11-9(22-14)4-3-8-12(11)17(2)10(19)6-21-8/h3-4,7H,5-6H2,1-2H3,(H,15,20). The van der Waals surface area contributed by atoms with E-state index in [1.165, 1.54) is 11.3 Å². The molecular formula is C14H14N4O3S. The maximum atomic E-state index is 12.0. The first-order valence-electron chi connectivity index (χ1n) is 6.96. The molecule has 0 radical (unpaired) electrons. The molecule has 2 aliphatic heterocycles. The summed E-state index contributed by atoms with van der Waals surface area (Å²) in [5, 5.41) is 3.44. The van der Waals surface area contributed by atoms with Crippen molar-refractivity contribution in [3.05, 3.63) is 12.1 Å². The van der Waals surface area contributed by atoms with Gasteiger partial charge >= 0.3 is 6.03 Å². The van der Waals surface area contributed by atoms with Crippen molar-refractivity contribution in [1.29, 1.82) is 0 Å². The van der Waals surface area contributed by atoms with Crippen LogP contribution in [0.5, 0.6) is 5.75 Å². The van der Waals surface area contributed by atoms with Crippen molar-refractivity contribution in [2.45, 2.75) is 13.0 Å². The van der Waals surface area contributed by atoms with Crippen LogP contribution in [-0.4, -0.2) is 43.2 Å². The van der Waals surface area contributed by atoms with Crippen molar-refractivity contribution in [1.82, 2.24) is 10.3 Å². The molecule has 4 rings (SSSR count). The number of carbonyl (C=O) groups excluding carboxylic acids is 2. The lowest BCUT2D eigenvalue weighted by Crippen LogP contribution is -2.35. The smallest absolute Gasteiger partial charge is 0.324 e. The number of carbonyl (C=O) groups is 2. The van der Waals surface area contributed by atoms with E-state index in [9.17, 15) is 9.59 Å². The number of likely N-dealkylation sites (N-methyl/N-ethyl adjacent to an activating group) is 1. The minimum atomic E-state index is -0.138. The molecule has 0 aliphatic carbocycles. The number of nitrogens with zero attached hydrogens (tertiary/aromatic N) is 3. The topological polar surface area (TPSA) is 74.8 Å². The van der Waals surface area contributed by atoms with E-state index in [-0.39, 0.29) is 24.6 Å². The summed E-state index contributed by atoms with van der Waals surface area (Å²) in [6.45, 7) is 2.62. The highest BCUT2D eigenvalue weighted by Crippen LogP contribution is 2.42. The lowest BCUT2D eigenvalue weighted by atomic mass is 10.2. The molecule has 22 heavy (non-hydrogen) atoms. The molecule has 1 saturated heterocycles. The molecule has 0 saturated carbocycles. The van der Waals surface area contributed by atoms with Crippen LogP contribution in [0.1, 0.15) is 6.92 Å². The Labute approximate surface area is 130 Å². The fraction of sp³-hybridized carbons (Fsp3) is 0.357. The molecule has 0 spiro atoms. The third-order valence-electron chi connectivity index (χ3n) is 3.96.